The molecule has 4 nitrogen and oxygen atoms in total. The van der Waals surface area contributed by atoms with E-state index < -0.39 is 0 Å². The molecule has 0 spiro atoms. The number of phenols is 1. The van der Waals surface area contributed by atoms with Gasteiger partial charge >= 0.3 is 0 Å². The smallest absolute Gasteiger partial charge is 0.257 e. The molecule has 0 aliphatic carbocycles. The summed E-state index contributed by atoms with van der Waals surface area (Å²) in [5, 5.41) is 19.6. The summed E-state index contributed by atoms with van der Waals surface area (Å²) >= 11 is 5.82. The van der Waals surface area contributed by atoms with Gasteiger partial charge in [0.05, 0.1) is 12.2 Å². The molecule has 0 radical (unpaired) electrons. The molecule has 2 aromatic rings. The molecule has 24 heavy (non-hydrogen) atoms. The van der Waals surface area contributed by atoms with Crippen molar-refractivity contribution >= 4 is 17.5 Å². The molecule has 5 heteroatoms. The van der Waals surface area contributed by atoms with E-state index in [0.29, 0.717) is 29.6 Å². The van der Waals surface area contributed by atoms with Gasteiger partial charge in [0.1, 0.15) is 5.75 Å². The first-order valence-corrected chi connectivity index (χ1v) is 8.41. The number of rotatable bonds is 4. The minimum absolute atomic E-state index is 0.0406. The molecular weight excluding hydrogens is 326 g/mol. The Hall–Kier alpha value is -2.04. The van der Waals surface area contributed by atoms with E-state index in [1.165, 1.54) is 11.6 Å². The van der Waals surface area contributed by atoms with E-state index in [1.807, 2.05) is 18.2 Å². The van der Waals surface area contributed by atoms with Gasteiger partial charge in [0.25, 0.3) is 5.91 Å². The molecule has 2 N–H and O–H groups in total. The second-order valence-corrected chi connectivity index (χ2v) is 6.69. The van der Waals surface area contributed by atoms with E-state index in [4.69, 9.17) is 11.6 Å². The van der Waals surface area contributed by atoms with Crippen molar-refractivity contribution in [1.29, 1.82) is 0 Å². The van der Waals surface area contributed by atoms with Crippen molar-refractivity contribution in [3.63, 3.8) is 0 Å². The highest BCUT2D eigenvalue weighted by molar-refractivity contribution is 6.30. The maximum absolute atomic E-state index is 12.6. The quantitative estimate of drug-likeness (QED) is 0.894. The fraction of sp³-hybridized carbons (Fsp3) is 0.316. The Labute approximate surface area is 146 Å². The third-order valence-electron chi connectivity index (χ3n) is 4.46. The minimum Gasteiger partial charge on any atom is -0.507 e. The number of amides is 1. The molecule has 1 aliphatic heterocycles. The van der Waals surface area contributed by atoms with Crippen molar-refractivity contribution in [2.45, 2.75) is 19.4 Å². The highest BCUT2D eigenvalue weighted by Crippen LogP contribution is 2.27. The van der Waals surface area contributed by atoms with Crippen molar-refractivity contribution < 1.29 is 15.0 Å². The van der Waals surface area contributed by atoms with Crippen LogP contribution in [0, 0.1) is 5.92 Å². The number of aliphatic hydroxyl groups excluding tert-OH is 1. The lowest BCUT2D eigenvalue weighted by Gasteiger charge is -2.17. The van der Waals surface area contributed by atoms with Crippen LogP contribution in [-0.4, -0.2) is 34.1 Å². The summed E-state index contributed by atoms with van der Waals surface area (Å²) in [7, 11) is 0. The molecular formula is C19H20ClNO3. The first-order valence-electron chi connectivity index (χ1n) is 8.03. The number of hydrogen-bond acceptors (Lipinski definition) is 3. The van der Waals surface area contributed by atoms with Crippen LogP contribution in [0.1, 0.15) is 27.9 Å². The molecule has 2 aromatic carbocycles. The SMILES string of the molecule is O=C(c1ccc(Cl)cc1O)N1CC[C@H](Cc2cccc(CO)c2)C1. The van der Waals surface area contributed by atoms with E-state index in [0.717, 1.165) is 18.4 Å². The van der Waals surface area contributed by atoms with E-state index >= 15 is 0 Å². The number of phenolic OH excluding ortho intramolecular Hbond substituents is 1. The topological polar surface area (TPSA) is 60.8 Å². The number of benzene rings is 2. The van der Waals surface area contributed by atoms with Gasteiger partial charge in [-0.25, -0.2) is 0 Å². The number of aliphatic hydroxyl groups is 1. The van der Waals surface area contributed by atoms with E-state index in [2.05, 4.69) is 6.07 Å². The zero-order valence-electron chi connectivity index (χ0n) is 13.3. The molecule has 0 saturated carbocycles. The predicted octanol–water partition coefficient (Wildman–Crippen LogP) is 3.24. The number of carbonyl (C=O) groups is 1. The fourth-order valence-corrected chi connectivity index (χ4v) is 3.39. The lowest BCUT2D eigenvalue weighted by Crippen LogP contribution is -2.29. The van der Waals surface area contributed by atoms with E-state index in [1.54, 1.807) is 17.0 Å². The van der Waals surface area contributed by atoms with Crippen molar-refractivity contribution in [2.75, 3.05) is 13.1 Å². The maximum Gasteiger partial charge on any atom is 0.257 e. The zero-order valence-corrected chi connectivity index (χ0v) is 14.0. The number of carbonyl (C=O) groups excluding carboxylic acids is 1. The van der Waals surface area contributed by atoms with Crippen LogP contribution in [0.25, 0.3) is 0 Å². The molecule has 0 aromatic heterocycles. The lowest BCUT2D eigenvalue weighted by atomic mass is 9.97. The summed E-state index contributed by atoms with van der Waals surface area (Å²) in [6, 6.07) is 12.5. The first kappa shape index (κ1) is 16.8. The van der Waals surface area contributed by atoms with Crippen LogP contribution in [-0.2, 0) is 13.0 Å². The molecule has 3 rings (SSSR count). The Morgan fingerprint density at radius 2 is 2.00 bits per heavy atom. The third-order valence-corrected chi connectivity index (χ3v) is 4.70. The zero-order chi connectivity index (χ0) is 17.1. The highest BCUT2D eigenvalue weighted by atomic mass is 35.5. The van der Waals surface area contributed by atoms with Gasteiger partial charge in [0, 0.05) is 18.1 Å². The average molecular weight is 346 g/mol. The van der Waals surface area contributed by atoms with Gasteiger partial charge in [-0.1, -0.05) is 35.9 Å². The van der Waals surface area contributed by atoms with Gasteiger partial charge in [-0.3, -0.25) is 4.79 Å². The Bertz CT molecular complexity index is 747. The largest absolute Gasteiger partial charge is 0.507 e. The minimum atomic E-state index is -0.157. The van der Waals surface area contributed by atoms with Crippen LogP contribution >= 0.6 is 11.6 Å². The van der Waals surface area contributed by atoms with Gasteiger partial charge in [-0.15, -0.1) is 0 Å². The Kier molecular flexibility index (Phi) is 5.07. The van der Waals surface area contributed by atoms with Crippen molar-refractivity contribution in [3.8, 4) is 5.75 Å². The van der Waals surface area contributed by atoms with Crippen LogP contribution < -0.4 is 0 Å². The molecule has 0 bridgehead atoms. The summed E-state index contributed by atoms with van der Waals surface area (Å²) in [6.07, 6.45) is 1.81. The van der Waals surface area contributed by atoms with Gasteiger partial charge in [0.2, 0.25) is 0 Å². The molecule has 1 atom stereocenters. The molecule has 1 aliphatic rings. The second-order valence-electron chi connectivity index (χ2n) is 6.25. The number of likely N-dealkylation sites (tertiary alicyclic amines) is 1. The van der Waals surface area contributed by atoms with Crippen LogP contribution in [0.4, 0.5) is 0 Å². The van der Waals surface area contributed by atoms with Crippen LogP contribution in [0.3, 0.4) is 0 Å². The summed E-state index contributed by atoms with van der Waals surface area (Å²) in [5.74, 6) is 0.153. The molecule has 126 valence electrons. The van der Waals surface area contributed by atoms with Crippen molar-refractivity contribution in [1.82, 2.24) is 4.90 Å². The number of hydrogen-bond donors (Lipinski definition) is 2. The molecule has 1 saturated heterocycles. The second kappa shape index (κ2) is 7.24. The van der Waals surface area contributed by atoms with Gasteiger partial charge < -0.3 is 15.1 Å². The number of halogens is 1. The van der Waals surface area contributed by atoms with E-state index in [-0.39, 0.29) is 18.3 Å². The Morgan fingerprint density at radius 3 is 2.75 bits per heavy atom. The van der Waals surface area contributed by atoms with Crippen LogP contribution in [0.15, 0.2) is 42.5 Å². The van der Waals surface area contributed by atoms with Gasteiger partial charge in [-0.2, -0.15) is 0 Å². The number of aromatic hydroxyl groups is 1. The Balaban J connectivity index is 1.65. The van der Waals surface area contributed by atoms with E-state index in [9.17, 15) is 15.0 Å². The van der Waals surface area contributed by atoms with Crippen molar-refractivity contribution in [3.05, 3.63) is 64.2 Å². The first-order chi connectivity index (χ1) is 11.6. The summed E-state index contributed by atoms with van der Waals surface area (Å²) in [6.45, 7) is 1.40. The number of nitrogens with zero attached hydrogens (tertiary/aromatic N) is 1. The third kappa shape index (κ3) is 3.71. The monoisotopic (exact) mass is 345 g/mol. The summed E-state index contributed by atoms with van der Waals surface area (Å²) in [5.41, 5.74) is 2.38. The molecule has 1 heterocycles. The molecule has 1 fully saturated rings. The Morgan fingerprint density at radius 1 is 1.21 bits per heavy atom. The van der Waals surface area contributed by atoms with Crippen LogP contribution in [0.5, 0.6) is 5.75 Å². The fourth-order valence-electron chi connectivity index (χ4n) is 3.23. The van der Waals surface area contributed by atoms with Crippen LogP contribution in [0.2, 0.25) is 5.02 Å². The highest BCUT2D eigenvalue weighted by Gasteiger charge is 2.28. The maximum atomic E-state index is 12.6. The lowest BCUT2D eigenvalue weighted by molar-refractivity contribution is 0.0784. The molecule has 0 unspecified atom stereocenters. The van der Waals surface area contributed by atoms with Crippen molar-refractivity contribution in [2.24, 2.45) is 5.92 Å². The summed E-state index contributed by atoms with van der Waals surface area (Å²) in [4.78, 5) is 14.3. The van der Waals surface area contributed by atoms with Gasteiger partial charge in [0.15, 0.2) is 0 Å². The standard InChI is InChI=1S/C19H20ClNO3/c20-16-4-5-17(18(23)10-16)19(24)21-7-6-14(11-21)8-13-2-1-3-15(9-13)12-22/h1-5,9-10,14,22-23H,6-8,11-12H2/t14-/m1/s1. The molecule has 1 amide bonds. The summed E-state index contributed by atoms with van der Waals surface area (Å²) < 4.78 is 0. The van der Waals surface area contributed by atoms with Gasteiger partial charge in [-0.05, 0) is 48.1 Å². The average Bonchev–Trinajstić information content (AvgIpc) is 3.03. The normalized spacial score (nSPS) is 17.2. The predicted molar refractivity (Wildman–Crippen MR) is 93.2 cm³/mol.